The summed E-state index contributed by atoms with van der Waals surface area (Å²) in [5.41, 5.74) is 7.28. The Morgan fingerprint density at radius 3 is 2.79 bits per heavy atom. The van der Waals surface area contributed by atoms with Crippen LogP contribution in [0.3, 0.4) is 0 Å². The van der Waals surface area contributed by atoms with Crippen LogP contribution in [0.4, 0.5) is 16.6 Å². The van der Waals surface area contributed by atoms with Crippen LogP contribution in [0.25, 0.3) is 0 Å². The Hall–Kier alpha value is -1.79. The van der Waals surface area contributed by atoms with Gasteiger partial charge in [0.2, 0.25) is 0 Å². The number of carbonyl (C=O) groups excluding carboxylic acids is 1. The van der Waals surface area contributed by atoms with Gasteiger partial charge in [-0.1, -0.05) is 29.0 Å². The first-order valence-electron chi connectivity index (χ1n) is 5.53. The van der Waals surface area contributed by atoms with Gasteiger partial charge in [-0.2, -0.15) is 0 Å². The molecular weight excluding hydrogens is 284 g/mol. The van der Waals surface area contributed by atoms with Crippen LogP contribution in [0, 0.1) is 6.92 Å². The third kappa shape index (κ3) is 2.97. The predicted molar refractivity (Wildman–Crippen MR) is 80.2 cm³/mol. The molecule has 1 aromatic carbocycles. The number of nitrogens with one attached hydrogen (secondary N) is 2. The van der Waals surface area contributed by atoms with Crippen molar-refractivity contribution in [1.82, 2.24) is 4.98 Å². The van der Waals surface area contributed by atoms with Gasteiger partial charge in [-0.3, -0.25) is 4.79 Å². The van der Waals surface area contributed by atoms with Crippen molar-refractivity contribution in [1.29, 1.82) is 0 Å². The topological polar surface area (TPSA) is 80.0 Å². The van der Waals surface area contributed by atoms with Crippen molar-refractivity contribution in [3.63, 3.8) is 0 Å². The molecule has 0 spiro atoms. The number of anilines is 3. The molecular formula is C12H13ClN4OS. The van der Waals surface area contributed by atoms with E-state index < -0.39 is 0 Å². The fourth-order valence-electron chi connectivity index (χ4n) is 1.46. The first-order chi connectivity index (χ1) is 9.01. The lowest BCUT2D eigenvalue weighted by Gasteiger charge is -2.05. The molecule has 4 N–H and O–H groups in total. The lowest BCUT2D eigenvalue weighted by atomic mass is 10.2. The zero-order valence-corrected chi connectivity index (χ0v) is 12.0. The maximum absolute atomic E-state index is 12.1. The quantitative estimate of drug-likeness (QED) is 0.813. The van der Waals surface area contributed by atoms with Gasteiger partial charge in [-0.05, 0) is 24.6 Å². The number of rotatable bonds is 3. The molecule has 0 aliphatic heterocycles. The van der Waals surface area contributed by atoms with E-state index in [2.05, 4.69) is 15.6 Å². The van der Waals surface area contributed by atoms with Gasteiger partial charge in [-0.15, -0.1) is 0 Å². The fourth-order valence-corrected chi connectivity index (χ4v) is 2.37. The number of carbonyl (C=O) groups is 1. The Morgan fingerprint density at radius 1 is 1.47 bits per heavy atom. The van der Waals surface area contributed by atoms with Gasteiger partial charge in [0, 0.05) is 17.8 Å². The third-order valence-electron chi connectivity index (χ3n) is 2.50. The van der Waals surface area contributed by atoms with Crippen molar-refractivity contribution in [2.24, 2.45) is 0 Å². The second kappa shape index (κ2) is 5.46. The van der Waals surface area contributed by atoms with Crippen LogP contribution in [0.5, 0.6) is 0 Å². The van der Waals surface area contributed by atoms with Crippen LogP contribution in [-0.2, 0) is 0 Å². The Bertz CT molecular complexity index is 626. The normalized spacial score (nSPS) is 10.3. The number of nitrogens with zero attached hydrogens (tertiary/aromatic N) is 1. The molecule has 0 aliphatic rings. The van der Waals surface area contributed by atoms with Gasteiger partial charge in [0.15, 0.2) is 5.13 Å². The molecule has 0 radical (unpaired) electrons. The maximum atomic E-state index is 12.1. The highest BCUT2D eigenvalue weighted by Gasteiger charge is 2.16. The highest BCUT2D eigenvalue weighted by molar-refractivity contribution is 7.18. The number of hydrogen-bond donors (Lipinski definition) is 3. The Balaban J connectivity index is 2.20. The SMILES string of the molecule is CNc1nc(N)c(C(=O)Nc2ccc(C)c(Cl)c2)s1. The fraction of sp³-hybridized carbons (Fsp3) is 0.167. The molecule has 100 valence electrons. The largest absolute Gasteiger partial charge is 0.382 e. The predicted octanol–water partition coefficient (Wildman–Crippen LogP) is 2.98. The smallest absolute Gasteiger partial charge is 0.269 e. The molecule has 0 bridgehead atoms. The zero-order valence-electron chi connectivity index (χ0n) is 10.5. The summed E-state index contributed by atoms with van der Waals surface area (Å²) < 4.78 is 0. The minimum absolute atomic E-state index is 0.213. The van der Waals surface area contributed by atoms with Crippen LogP contribution in [0.2, 0.25) is 5.02 Å². The molecule has 2 rings (SSSR count). The average molecular weight is 297 g/mol. The Morgan fingerprint density at radius 2 is 2.21 bits per heavy atom. The second-order valence-corrected chi connectivity index (χ2v) is 5.31. The molecule has 0 fully saturated rings. The van der Waals surface area contributed by atoms with E-state index >= 15 is 0 Å². The summed E-state index contributed by atoms with van der Waals surface area (Å²) >= 11 is 7.21. The van der Waals surface area contributed by atoms with Crippen LogP contribution >= 0.6 is 22.9 Å². The van der Waals surface area contributed by atoms with Gasteiger partial charge in [0.25, 0.3) is 5.91 Å². The summed E-state index contributed by atoms with van der Waals surface area (Å²) in [6.45, 7) is 1.90. The zero-order chi connectivity index (χ0) is 14.0. The molecule has 5 nitrogen and oxygen atoms in total. The number of aryl methyl sites for hydroxylation is 1. The van der Waals surface area contributed by atoms with Gasteiger partial charge >= 0.3 is 0 Å². The van der Waals surface area contributed by atoms with Crippen molar-refractivity contribution in [3.05, 3.63) is 33.7 Å². The van der Waals surface area contributed by atoms with E-state index in [-0.39, 0.29) is 11.7 Å². The first-order valence-corrected chi connectivity index (χ1v) is 6.72. The molecule has 0 saturated carbocycles. The first kappa shape index (κ1) is 13.6. The molecule has 1 heterocycles. The summed E-state index contributed by atoms with van der Waals surface area (Å²) in [4.78, 5) is 16.5. The Kier molecular flexibility index (Phi) is 3.92. The number of nitrogen functional groups attached to an aromatic ring is 1. The molecule has 7 heteroatoms. The maximum Gasteiger partial charge on any atom is 0.269 e. The van der Waals surface area contributed by atoms with Crippen molar-refractivity contribution in [3.8, 4) is 0 Å². The average Bonchev–Trinajstić information content (AvgIpc) is 2.75. The molecule has 0 atom stereocenters. The minimum atomic E-state index is -0.295. The third-order valence-corrected chi connectivity index (χ3v) is 4.00. The van der Waals surface area contributed by atoms with Crippen LogP contribution in [0.1, 0.15) is 15.2 Å². The minimum Gasteiger partial charge on any atom is -0.382 e. The van der Waals surface area contributed by atoms with Crippen molar-refractivity contribution >= 4 is 45.5 Å². The monoisotopic (exact) mass is 296 g/mol. The summed E-state index contributed by atoms with van der Waals surface area (Å²) in [7, 11) is 1.72. The van der Waals surface area contributed by atoms with E-state index in [1.54, 1.807) is 19.2 Å². The lowest BCUT2D eigenvalue weighted by molar-refractivity contribution is 0.103. The summed E-state index contributed by atoms with van der Waals surface area (Å²) in [6.07, 6.45) is 0. The summed E-state index contributed by atoms with van der Waals surface area (Å²) in [5, 5.41) is 6.80. The summed E-state index contributed by atoms with van der Waals surface area (Å²) in [5.74, 6) is -0.0820. The van der Waals surface area contributed by atoms with Crippen molar-refractivity contribution in [2.75, 3.05) is 23.4 Å². The lowest BCUT2D eigenvalue weighted by Crippen LogP contribution is -2.12. The van der Waals surface area contributed by atoms with Gasteiger partial charge < -0.3 is 16.4 Å². The number of hydrogen-bond acceptors (Lipinski definition) is 5. The van der Waals surface area contributed by atoms with Crippen molar-refractivity contribution < 1.29 is 4.79 Å². The highest BCUT2D eigenvalue weighted by atomic mass is 35.5. The molecule has 1 aromatic heterocycles. The second-order valence-electron chi connectivity index (χ2n) is 3.90. The number of nitrogens with two attached hydrogens (primary N) is 1. The van der Waals surface area contributed by atoms with Gasteiger partial charge in [-0.25, -0.2) is 4.98 Å². The van der Waals surface area contributed by atoms with E-state index in [0.29, 0.717) is 20.7 Å². The van der Waals surface area contributed by atoms with E-state index in [1.165, 1.54) is 11.3 Å². The number of thiazole rings is 1. The van der Waals surface area contributed by atoms with Crippen molar-refractivity contribution in [2.45, 2.75) is 6.92 Å². The molecule has 0 saturated heterocycles. The Labute approximate surface area is 119 Å². The molecule has 1 amide bonds. The van der Waals surface area contributed by atoms with E-state index in [1.807, 2.05) is 13.0 Å². The van der Waals surface area contributed by atoms with E-state index in [0.717, 1.165) is 5.56 Å². The van der Waals surface area contributed by atoms with E-state index in [4.69, 9.17) is 17.3 Å². The van der Waals surface area contributed by atoms with Gasteiger partial charge in [0.05, 0.1) is 0 Å². The highest BCUT2D eigenvalue weighted by Crippen LogP contribution is 2.26. The number of halogens is 1. The standard InChI is InChI=1S/C12H13ClN4OS/c1-6-3-4-7(5-8(6)13)16-11(18)9-10(14)17-12(15-2)19-9/h3-5H,14H2,1-2H3,(H,15,17)(H,16,18). The number of benzene rings is 1. The number of aromatic nitrogens is 1. The molecule has 0 unspecified atom stereocenters. The van der Waals surface area contributed by atoms with E-state index in [9.17, 15) is 4.79 Å². The van der Waals surface area contributed by atoms with Gasteiger partial charge in [0.1, 0.15) is 10.7 Å². The molecule has 19 heavy (non-hydrogen) atoms. The molecule has 0 aliphatic carbocycles. The summed E-state index contributed by atoms with van der Waals surface area (Å²) in [6, 6.07) is 5.33. The van der Waals surface area contributed by atoms with Crippen LogP contribution in [-0.4, -0.2) is 17.9 Å². The van der Waals surface area contributed by atoms with Crippen LogP contribution < -0.4 is 16.4 Å². The van der Waals surface area contributed by atoms with Crippen LogP contribution in [0.15, 0.2) is 18.2 Å². The number of amides is 1. The molecule has 2 aromatic rings.